The highest BCUT2D eigenvalue weighted by Crippen LogP contribution is 2.35. The van der Waals surface area contributed by atoms with Crippen molar-refractivity contribution in [1.82, 2.24) is 0 Å². The standard InChI is InChI=1S/C20H19BF3N3O/c22-20(23,24)19(26)12-17(18-5-2-10-28-18)27-16-4-1-3-15(11-16)14-6-8-21(13-25)9-7-14/h1-5,10-12,14H,6-9,26H2/b19-12-,27-17?. The number of nitrogens with two attached hydrogens (primary N) is 1. The Morgan fingerprint density at radius 2 is 2.00 bits per heavy atom. The predicted octanol–water partition coefficient (Wildman–Crippen LogP) is 5.24. The van der Waals surface area contributed by atoms with Crippen molar-refractivity contribution in [2.75, 3.05) is 0 Å². The Morgan fingerprint density at radius 3 is 2.61 bits per heavy atom. The van der Waals surface area contributed by atoms with Gasteiger partial charge in [0.25, 0.3) is 6.71 Å². The second-order valence-electron chi connectivity index (χ2n) is 6.84. The molecule has 1 saturated heterocycles. The molecule has 0 spiro atoms. The third-order valence-corrected chi connectivity index (χ3v) is 4.89. The predicted molar refractivity (Wildman–Crippen MR) is 103 cm³/mol. The van der Waals surface area contributed by atoms with Crippen molar-refractivity contribution in [3.8, 4) is 5.97 Å². The fourth-order valence-corrected chi connectivity index (χ4v) is 3.36. The first-order valence-electron chi connectivity index (χ1n) is 9.03. The molecule has 0 bridgehead atoms. The van der Waals surface area contributed by atoms with Gasteiger partial charge in [-0.3, -0.25) is 0 Å². The molecular weight excluding hydrogens is 366 g/mol. The lowest BCUT2D eigenvalue weighted by Crippen LogP contribution is -2.20. The van der Waals surface area contributed by atoms with E-state index in [1.807, 2.05) is 18.2 Å². The number of benzene rings is 1. The van der Waals surface area contributed by atoms with Crippen LogP contribution in [0.4, 0.5) is 18.9 Å². The van der Waals surface area contributed by atoms with Crippen LogP contribution in [0.3, 0.4) is 0 Å². The number of nitrogens with zero attached hydrogens (tertiary/aromatic N) is 2. The van der Waals surface area contributed by atoms with Crippen LogP contribution in [0, 0.1) is 11.2 Å². The van der Waals surface area contributed by atoms with Crippen LogP contribution in [0.15, 0.2) is 63.8 Å². The van der Waals surface area contributed by atoms with Crippen LogP contribution >= 0.6 is 0 Å². The summed E-state index contributed by atoms with van der Waals surface area (Å²) in [5, 5.41) is 9.04. The van der Waals surface area contributed by atoms with Crippen molar-refractivity contribution in [2.24, 2.45) is 10.7 Å². The number of rotatable bonds is 4. The second-order valence-corrected chi connectivity index (χ2v) is 6.84. The van der Waals surface area contributed by atoms with Crippen LogP contribution in [0.2, 0.25) is 12.6 Å². The highest BCUT2D eigenvalue weighted by molar-refractivity contribution is 6.67. The first-order valence-corrected chi connectivity index (χ1v) is 9.03. The van der Waals surface area contributed by atoms with E-state index in [1.54, 1.807) is 12.1 Å². The molecule has 8 heteroatoms. The van der Waals surface area contributed by atoms with Gasteiger partial charge in [0.05, 0.1) is 12.0 Å². The zero-order valence-corrected chi connectivity index (χ0v) is 15.1. The third kappa shape index (κ3) is 4.86. The number of hydrogen-bond acceptors (Lipinski definition) is 4. The van der Waals surface area contributed by atoms with Gasteiger partial charge in [-0.1, -0.05) is 37.6 Å². The number of halogens is 3. The van der Waals surface area contributed by atoms with E-state index in [0.29, 0.717) is 11.6 Å². The van der Waals surface area contributed by atoms with Crippen LogP contribution in [0.25, 0.3) is 0 Å². The normalized spacial score (nSPS) is 16.9. The first-order chi connectivity index (χ1) is 13.4. The van der Waals surface area contributed by atoms with Crippen molar-refractivity contribution in [1.29, 1.82) is 5.26 Å². The lowest BCUT2D eigenvalue weighted by molar-refractivity contribution is -0.0925. The largest absolute Gasteiger partial charge is 0.463 e. The molecule has 1 aliphatic heterocycles. The number of nitriles is 1. The molecule has 0 aliphatic carbocycles. The van der Waals surface area contributed by atoms with Gasteiger partial charge in [0.15, 0.2) is 5.76 Å². The lowest BCUT2D eigenvalue weighted by atomic mass is 9.41. The monoisotopic (exact) mass is 385 g/mol. The third-order valence-electron chi connectivity index (χ3n) is 4.89. The molecule has 2 heterocycles. The maximum atomic E-state index is 12.9. The molecule has 0 amide bonds. The van der Waals surface area contributed by atoms with Gasteiger partial charge in [0.2, 0.25) is 0 Å². The lowest BCUT2D eigenvalue weighted by Gasteiger charge is -2.23. The molecule has 1 fully saturated rings. The van der Waals surface area contributed by atoms with Crippen molar-refractivity contribution >= 4 is 18.1 Å². The summed E-state index contributed by atoms with van der Waals surface area (Å²) in [7, 11) is 0. The second kappa shape index (κ2) is 8.38. The number of allylic oxidation sites excluding steroid dienone is 2. The zero-order chi connectivity index (χ0) is 20.1. The summed E-state index contributed by atoms with van der Waals surface area (Å²) in [6.07, 6.45) is 1.05. The molecule has 1 aromatic carbocycles. The number of furan rings is 1. The number of hydrogen-bond donors (Lipinski definition) is 1. The summed E-state index contributed by atoms with van der Waals surface area (Å²) in [5.74, 6) is 2.84. The Hall–Kier alpha value is -2.95. The van der Waals surface area contributed by atoms with Crippen molar-refractivity contribution in [2.45, 2.75) is 37.6 Å². The summed E-state index contributed by atoms with van der Waals surface area (Å²) >= 11 is 0. The molecule has 1 aromatic heterocycles. The molecule has 28 heavy (non-hydrogen) atoms. The molecule has 2 N–H and O–H groups in total. The molecule has 0 saturated carbocycles. The van der Waals surface area contributed by atoms with Crippen molar-refractivity contribution < 1.29 is 17.6 Å². The van der Waals surface area contributed by atoms with Crippen LogP contribution < -0.4 is 5.73 Å². The van der Waals surface area contributed by atoms with E-state index in [-0.39, 0.29) is 18.2 Å². The van der Waals surface area contributed by atoms with E-state index in [1.165, 1.54) is 12.3 Å². The quantitative estimate of drug-likeness (QED) is 0.578. The average molecular weight is 385 g/mol. The molecule has 1 aliphatic rings. The SMILES string of the molecule is N#CB1CCC(c2cccc(N=C(/C=C(\N)C(F)(F)F)c3ccco3)c2)CC1. The summed E-state index contributed by atoms with van der Waals surface area (Å²) in [6.45, 7) is 0.110. The maximum Gasteiger partial charge on any atom is 0.430 e. The van der Waals surface area contributed by atoms with Crippen molar-refractivity contribution in [3.63, 3.8) is 0 Å². The summed E-state index contributed by atoms with van der Waals surface area (Å²) < 4.78 is 43.8. The minimum atomic E-state index is -4.64. The minimum absolute atomic E-state index is 0.00478. The van der Waals surface area contributed by atoms with Gasteiger partial charge < -0.3 is 10.2 Å². The number of alkyl halides is 3. The Bertz CT molecular complexity index is 906. The summed E-state index contributed by atoms with van der Waals surface area (Å²) in [6, 6.07) is 10.5. The van der Waals surface area contributed by atoms with Crippen LogP contribution in [-0.2, 0) is 0 Å². The Balaban J connectivity index is 1.90. The van der Waals surface area contributed by atoms with E-state index >= 15 is 0 Å². The van der Waals surface area contributed by atoms with Gasteiger partial charge in [-0.15, -0.1) is 0 Å². The van der Waals surface area contributed by atoms with E-state index in [9.17, 15) is 13.2 Å². The molecular formula is C20H19BF3N3O. The Labute approximate surface area is 161 Å². The van der Waals surface area contributed by atoms with Crippen molar-refractivity contribution in [3.05, 3.63) is 65.8 Å². The Morgan fingerprint density at radius 1 is 1.25 bits per heavy atom. The smallest absolute Gasteiger partial charge is 0.430 e. The maximum absolute atomic E-state index is 12.9. The molecule has 3 rings (SSSR count). The first kappa shape index (κ1) is 19.8. The minimum Gasteiger partial charge on any atom is -0.463 e. The topological polar surface area (TPSA) is 75.3 Å². The van der Waals surface area contributed by atoms with Gasteiger partial charge in [-0.2, -0.15) is 13.2 Å². The highest BCUT2D eigenvalue weighted by Gasteiger charge is 2.32. The highest BCUT2D eigenvalue weighted by atomic mass is 19.4. The van der Waals surface area contributed by atoms with E-state index in [0.717, 1.165) is 37.1 Å². The summed E-state index contributed by atoms with van der Waals surface area (Å²) in [4.78, 5) is 4.36. The zero-order valence-electron chi connectivity index (χ0n) is 15.1. The van der Waals surface area contributed by atoms with Gasteiger partial charge in [0, 0.05) is 5.97 Å². The van der Waals surface area contributed by atoms with Gasteiger partial charge >= 0.3 is 6.18 Å². The van der Waals surface area contributed by atoms with Crippen LogP contribution in [-0.4, -0.2) is 18.6 Å². The molecule has 0 unspecified atom stereocenters. The fraction of sp³-hybridized carbons (Fsp3) is 0.300. The molecule has 2 aromatic rings. The van der Waals surface area contributed by atoms with Crippen LogP contribution in [0.1, 0.15) is 30.1 Å². The van der Waals surface area contributed by atoms with E-state index in [4.69, 9.17) is 15.4 Å². The Kier molecular flexibility index (Phi) is 5.93. The molecule has 0 radical (unpaired) electrons. The average Bonchev–Trinajstić information content (AvgIpc) is 3.22. The van der Waals surface area contributed by atoms with Gasteiger partial charge in [-0.25, -0.2) is 10.3 Å². The summed E-state index contributed by atoms with van der Waals surface area (Å²) in [5.41, 5.74) is 5.53. The van der Waals surface area contributed by atoms with E-state index in [2.05, 4.69) is 11.0 Å². The van der Waals surface area contributed by atoms with Gasteiger partial charge in [-0.05, 0) is 41.8 Å². The number of aliphatic imine (C=N–C) groups is 1. The fourth-order valence-electron chi connectivity index (χ4n) is 3.36. The van der Waals surface area contributed by atoms with Crippen LogP contribution in [0.5, 0.6) is 0 Å². The van der Waals surface area contributed by atoms with Gasteiger partial charge in [0.1, 0.15) is 11.4 Å². The molecule has 0 atom stereocenters. The molecule has 4 nitrogen and oxygen atoms in total. The molecule has 144 valence electrons. The van der Waals surface area contributed by atoms with E-state index < -0.39 is 11.9 Å².